The molecule has 0 spiro atoms. The summed E-state index contributed by atoms with van der Waals surface area (Å²) in [5.74, 6) is 0.777. The molecule has 0 saturated carbocycles. The number of aromatic nitrogens is 1. The molecule has 1 aromatic heterocycles. The summed E-state index contributed by atoms with van der Waals surface area (Å²) in [4.78, 5) is 4.30. The molecule has 10 heavy (non-hydrogen) atoms. The highest BCUT2D eigenvalue weighted by molar-refractivity contribution is 7.79. The fourth-order valence-corrected chi connectivity index (χ4v) is 1.22. The zero-order chi connectivity index (χ0) is 7.56. The van der Waals surface area contributed by atoms with Gasteiger partial charge in [0.1, 0.15) is 0 Å². The van der Waals surface area contributed by atoms with E-state index < -0.39 is 0 Å². The van der Waals surface area contributed by atoms with Crippen LogP contribution in [0.25, 0.3) is 0 Å². The van der Waals surface area contributed by atoms with E-state index in [1.54, 1.807) is 0 Å². The molecule has 0 atom stereocenters. The van der Waals surface area contributed by atoms with Crippen molar-refractivity contribution in [3.05, 3.63) is 29.1 Å². The first kappa shape index (κ1) is 7.61. The molecule has 0 aromatic carbocycles. The maximum atomic E-state index is 4.30. The predicted octanol–water partition coefficient (Wildman–Crippen LogP) is 2.13. The Labute approximate surface area is 66.9 Å². The van der Waals surface area contributed by atoms with Gasteiger partial charge in [-0.3, -0.25) is 4.98 Å². The molecule has 0 radical (unpaired) electrons. The first-order valence-corrected chi connectivity index (χ1v) is 3.91. The van der Waals surface area contributed by atoms with Gasteiger partial charge in [-0.05, 0) is 25.5 Å². The lowest BCUT2D eigenvalue weighted by molar-refractivity contribution is 1.08. The molecule has 0 saturated heterocycles. The van der Waals surface area contributed by atoms with Gasteiger partial charge in [-0.2, -0.15) is 12.6 Å². The summed E-state index contributed by atoms with van der Waals surface area (Å²) in [6.07, 6.45) is 0. The fourth-order valence-electron chi connectivity index (χ4n) is 0.883. The van der Waals surface area contributed by atoms with Gasteiger partial charge in [-0.15, -0.1) is 0 Å². The van der Waals surface area contributed by atoms with Crippen molar-refractivity contribution in [3.63, 3.8) is 0 Å². The van der Waals surface area contributed by atoms with E-state index in [1.807, 2.05) is 19.9 Å². The summed E-state index contributed by atoms with van der Waals surface area (Å²) < 4.78 is 0. The number of hydrogen-bond acceptors (Lipinski definition) is 2. The number of thiol groups is 1. The smallest absolute Gasteiger partial charge is 0.0416 e. The lowest BCUT2D eigenvalue weighted by Crippen LogP contribution is -1.90. The molecule has 0 fully saturated rings. The Balaban J connectivity index is 3.07. The lowest BCUT2D eigenvalue weighted by Gasteiger charge is -2.00. The largest absolute Gasteiger partial charge is 0.258 e. The summed E-state index contributed by atoms with van der Waals surface area (Å²) in [6.45, 7) is 4.01. The van der Waals surface area contributed by atoms with Gasteiger partial charge >= 0.3 is 0 Å². The molecule has 1 rings (SSSR count). The normalized spacial score (nSPS) is 9.90. The van der Waals surface area contributed by atoms with E-state index in [0.29, 0.717) is 0 Å². The van der Waals surface area contributed by atoms with Gasteiger partial charge in [0.25, 0.3) is 0 Å². The van der Waals surface area contributed by atoms with Crippen molar-refractivity contribution >= 4 is 12.6 Å². The Kier molecular flexibility index (Phi) is 2.33. The summed E-state index contributed by atoms with van der Waals surface area (Å²) in [5.41, 5.74) is 3.38. The van der Waals surface area contributed by atoms with E-state index >= 15 is 0 Å². The Morgan fingerprint density at radius 3 is 2.60 bits per heavy atom. The summed E-state index contributed by atoms with van der Waals surface area (Å²) in [5, 5.41) is 0. The molecule has 0 aliphatic heterocycles. The topological polar surface area (TPSA) is 12.9 Å². The SMILES string of the molecule is Cc1ccc(CS)c(C)n1. The second kappa shape index (κ2) is 3.06. The minimum Gasteiger partial charge on any atom is -0.258 e. The number of hydrogen-bond donors (Lipinski definition) is 1. The van der Waals surface area contributed by atoms with Crippen LogP contribution in [0.5, 0.6) is 0 Å². The Bertz CT molecular complexity index is 233. The molecule has 2 heteroatoms. The van der Waals surface area contributed by atoms with Crippen LogP contribution in [-0.2, 0) is 5.75 Å². The van der Waals surface area contributed by atoms with Gasteiger partial charge in [0.05, 0.1) is 0 Å². The van der Waals surface area contributed by atoms with Crippen molar-refractivity contribution < 1.29 is 0 Å². The van der Waals surface area contributed by atoms with Crippen LogP contribution < -0.4 is 0 Å². The molecule has 0 bridgehead atoms. The highest BCUT2D eigenvalue weighted by atomic mass is 32.1. The van der Waals surface area contributed by atoms with Crippen molar-refractivity contribution in [2.24, 2.45) is 0 Å². The zero-order valence-electron chi connectivity index (χ0n) is 6.26. The van der Waals surface area contributed by atoms with Crippen LogP contribution in [0.4, 0.5) is 0 Å². The maximum Gasteiger partial charge on any atom is 0.0416 e. The summed E-state index contributed by atoms with van der Waals surface area (Å²) in [7, 11) is 0. The van der Waals surface area contributed by atoms with E-state index in [2.05, 4.69) is 23.7 Å². The Hall–Kier alpha value is -0.500. The van der Waals surface area contributed by atoms with Crippen LogP contribution in [0.1, 0.15) is 17.0 Å². The minimum absolute atomic E-state index is 0.777. The Morgan fingerprint density at radius 2 is 2.10 bits per heavy atom. The van der Waals surface area contributed by atoms with Crippen molar-refractivity contribution in [2.45, 2.75) is 19.6 Å². The first-order valence-electron chi connectivity index (χ1n) is 3.28. The summed E-state index contributed by atoms with van der Waals surface area (Å²) in [6, 6.07) is 4.09. The van der Waals surface area contributed by atoms with E-state index in [0.717, 1.165) is 17.1 Å². The predicted molar refractivity (Wildman–Crippen MR) is 46.4 cm³/mol. The van der Waals surface area contributed by atoms with Gasteiger partial charge in [0, 0.05) is 17.1 Å². The van der Waals surface area contributed by atoms with Crippen LogP contribution in [0.3, 0.4) is 0 Å². The number of nitrogens with zero attached hydrogens (tertiary/aromatic N) is 1. The van der Waals surface area contributed by atoms with Gasteiger partial charge in [-0.1, -0.05) is 6.07 Å². The maximum absolute atomic E-state index is 4.30. The third kappa shape index (κ3) is 1.51. The molecule has 0 N–H and O–H groups in total. The monoisotopic (exact) mass is 153 g/mol. The Morgan fingerprint density at radius 1 is 1.40 bits per heavy atom. The highest BCUT2D eigenvalue weighted by Gasteiger charge is 1.95. The average Bonchev–Trinajstić information content (AvgIpc) is 1.88. The van der Waals surface area contributed by atoms with Crippen molar-refractivity contribution in [2.75, 3.05) is 0 Å². The third-order valence-electron chi connectivity index (χ3n) is 1.50. The van der Waals surface area contributed by atoms with Gasteiger partial charge in [0.15, 0.2) is 0 Å². The highest BCUT2D eigenvalue weighted by Crippen LogP contribution is 2.07. The molecule has 54 valence electrons. The molecule has 0 aliphatic rings. The zero-order valence-corrected chi connectivity index (χ0v) is 7.15. The van der Waals surface area contributed by atoms with Gasteiger partial charge in [0.2, 0.25) is 0 Å². The quantitative estimate of drug-likeness (QED) is 0.610. The number of rotatable bonds is 1. The second-order valence-corrected chi connectivity index (χ2v) is 2.67. The summed E-state index contributed by atoms with van der Waals surface area (Å²) >= 11 is 4.17. The molecule has 1 heterocycles. The molecule has 0 amide bonds. The average molecular weight is 153 g/mol. The van der Waals surface area contributed by atoms with Gasteiger partial charge in [-0.25, -0.2) is 0 Å². The van der Waals surface area contributed by atoms with Crippen LogP contribution in [-0.4, -0.2) is 4.98 Å². The van der Waals surface area contributed by atoms with E-state index in [1.165, 1.54) is 5.56 Å². The van der Waals surface area contributed by atoms with Crippen molar-refractivity contribution in [3.8, 4) is 0 Å². The van der Waals surface area contributed by atoms with Crippen LogP contribution in [0, 0.1) is 13.8 Å². The molecule has 1 nitrogen and oxygen atoms in total. The van der Waals surface area contributed by atoms with Gasteiger partial charge < -0.3 is 0 Å². The van der Waals surface area contributed by atoms with E-state index in [4.69, 9.17) is 0 Å². The number of pyridine rings is 1. The van der Waals surface area contributed by atoms with Crippen LogP contribution in [0.2, 0.25) is 0 Å². The molecular weight excluding hydrogens is 142 g/mol. The lowest BCUT2D eigenvalue weighted by atomic mass is 10.2. The van der Waals surface area contributed by atoms with Crippen molar-refractivity contribution in [1.82, 2.24) is 4.98 Å². The second-order valence-electron chi connectivity index (χ2n) is 2.36. The van der Waals surface area contributed by atoms with E-state index in [-0.39, 0.29) is 0 Å². The molecule has 0 unspecified atom stereocenters. The standard InChI is InChI=1S/C8H11NS/c1-6-3-4-8(5-10)7(2)9-6/h3-4,10H,5H2,1-2H3. The van der Waals surface area contributed by atoms with Crippen molar-refractivity contribution in [1.29, 1.82) is 0 Å². The molecule has 1 aromatic rings. The van der Waals surface area contributed by atoms with Crippen LogP contribution >= 0.6 is 12.6 Å². The third-order valence-corrected chi connectivity index (χ3v) is 1.85. The number of aryl methyl sites for hydroxylation is 2. The minimum atomic E-state index is 0.777. The molecule has 0 aliphatic carbocycles. The fraction of sp³-hybridized carbons (Fsp3) is 0.375. The first-order chi connectivity index (χ1) is 4.74. The van der Waals surface area contributed by atoms with E-state index in [9.17, 15) is 0 Å². The molecular formula is C8H11NS. The van der Waals surface area contributed by atoms with Crippen LogP contribution in [0.15, 0.2) is 12.1 Å².